The van der Waals surface area contributed by atoms with E-state index in [2.05, 4.69) is 34.1 Å². The lowest BCUT2D eigenvalue weighted by atomic mass is 10.2. The van der Waals surface area contributed by atoms with Gasteiger partial charge >= 0.3 is 0 Å². The molecule has 0 bridgehead atoms. The topological polar surface area (TPSA) is 32.8 Å². The molecule has 2 fully saturated rings. The van der Waals surface area contributed by atoms with E-state index in [-0.39, 0.29) is 0 Å². The molecule has 144 valence electrons. The van der Waals surface area contributed by atoms with Gasteiger partial charge < -0.3 is 14.3 Å². The van der Waals surface area contributed by atoms with Crippen LogP contribution in [-0.2, 0) is 9.09 Å². The number of anilines is 2. The van der Waals surface area contributed by atoms with Gasteiger partial charge in [-0.15, -0.1) is 0 Å². The van der Waals surface area contributed by atoms with E-state index in [0.717, 1.165) is 48.2 Å². The van der Waals surface area contributed by atoms with Crippen LogP contribution in [0.2, 0.25) is 0 Å². The molecule has 5 heteroatoms. The van der Waals surface area contributed by atoms with Crippen molar-refractivity contribution in [2.75, 3.05) is 36.0 Å². The Balaban J connectivity index is 1.77. The van der Waals surface area contributed by atoms with E-state index in [0.29, 0.717) is 0 Å². The van der Waals surface area contributed by atoms with Crippen LogP contribution in [0, 0.1) is 0 Å². The summed E-state index contributed by atoms with van der Waals surface area (Å²) in [5, 5.41) is 1.56. The van der Waals surface area contributed by atoms with Gasteiger partial charge in [-0.3, -0.25) is 4.57 Å². The maximum Gasteiger partial charge on any atom is 0.261 e. The van der Waals surface area contributed by atoms with Gasteiger partial charge in [0.15, 0.2) is 0 Å². The molecule has 0 saturated carbocycles. The number of rotatable bonds is 5. The van der Waals surface area contributed by atoms with Gasteiger partial charge in [-0.25, -0.2) is 0 Å². The fraction of sp³-hybridized carbons (Fsp3) is 0.455. The van der Waals surface area contributed by atoms with E-state index >= 15 is 0 Å². The SMILES string of the molecule is CC(C)(C)OP(=O)(c1cccc(N2CCC2)c1)c1cccc(N2CCC2)c1. The zero-order chi connectivity index (χ0) is 19.1. The second kappa shape index (κ2) is 7.00. The second-order valence-electron chi connectivity index (χ2n) is 8.48. The van der Waals surface area contributed by atoms with Gasteiger partial charge in [-0.05, 0) is 70.0 Å². The van der Waals surface area contributed by atoms with Crippen LogP contribution in [0.3, 0.4) is 0 Å². The minimum absolute atomic E-state index is 0.505. The molecule has 0 unspecified atom stereocenters. The highest BCUT2D eigenvalue weighted by molar-refractivity contribution is 7.74. The predicted octanol–water partition coefficient (Wildman–Crippen LogP) is 4.15. The van der Waals surface area contributed by atoms with Crippen LogP contribution < -0.4 is 20.4 Å². The van der Waals surface area contributed by atoms with Crippen molar-refractivity contribution in [3.8, 4) is 0 Å². The van der Waals surface area contributed by atoms with Crippen molar-refractivity contribution >= 4 is 29.4 Å². The summed E-state index contributed by atoms with van der Waals surface area (Å²) in [6, 6.07) is 16.2. The molecule has 27 heavy (non-hydrogen) atoms. The van der Waals surface area contributed by atoms with Crippen LogP contribution in [0.5, 0.6) is 0 Å². The Labute approximate surface area is 162 Å². The van der Waals surface area contributed by atoms with Crippen molar-refractivity contribution in [1.29, 1.82) is 0 Å². The van der Waals surface area contributed by atoms with E-state index in [1.807, 2.05) is 45.0 Å². The lowest BCUT2D eigenvalue weighted by Crippen LogP contribution is -2.38. The molecule has 0 aromatic heterocycles. The molecule has 2 aliphatic heterocycles. The number of hydrogen-bond donors (Lipinski definition) is 0. The first kappa shape index (κ1) is 18.6. The maximum atomic E-state index is 14.3. The summed E-state index contributed by atoms with van der Waals surface area (Å²) in [6.07, 6.45) is 2.44. The van der Waals surface area contributed by atoms with Crippen molar-refractivity contribution in [2.24, 2.45) is 0 Å². The Morgan fingerprint density at radius 1 is 0.815 bits per heavy atom. The zero-order valence-electron chi connectivity index (χ0n) is 16.5. The molecule has 2 aromatic rings. The molecule has 0 atom stereocenters. The van der Waals surface area contributed by atoms with Crippen LogP contribution in [0.4, 0.5) is 11.4 Å². The first-order valence-corrected chi connectivity index (χ1v) is 11.5. The minimum atomic E-state index is -3.20. The lowest BCUT2D eigenvalue weighted by molar-refractivity contribution is 0.141. The van der Waals surface area contributed by atoms with E-state index < -0.39 is 13.0 Å². The third-order valence-electron chi connectivity index (χ3n) is 5.18. The van der Waals surface area contributed by atoms with Gasteiger partial charge in [-0.2, -0.15) is 0 Å². The third-order valence-corrected chi connectivity index (χ3v) is 7.90. The number of hydrogen-bond acceptors (Lipinski definition) is 4. The summed E-state index contributed by atoms with van der Waals surface area (Å²) in [7, 11) is -3.20. The summed E-state index contributed by atoms with van der Waals surface area (Å²) in [6.45, 7) is 10.2. The van der Waals surface area contributed by atoms with Gasteiger partial charge in [0.2, 0.25) is 0 Å². The summed E-state index contributed by atoms with van der Waals surface area (Å²) in [4.78, 5) is 4.64. The quantitative estimate of drug-likeness (QED) is 0.725. The molecule has 0 radical (unpaired) electrons. The molecule has 2 aliphatic rings. The Kier molecular flexibility index (Phi) is 4.82. The summed E-state index contributed by atoms with van der Waals surface area (Å²) in [5.41, 5.74) is 1.76. The van der Waals surface area contributed by atoms with Gasteiger partial charge in [0.05, 0.1) is 5.60 Å². The molecule has 4 nitrogen and oxygen atoms in total. The molecule has 0 amide bonds. The summed E-state index contributed by atoms with van der Waals surface area (Å²) in [5.74, 6) is 0. The summed E-state index contributed by atoms with van der Waals surface area (Å²) < 4.78 is 20.6. The maximum absolute atomic E-state index is 14.3. The van der Waals surface area contributed by atoms with Crippen molar-refractivity contribution in [3.05, 3.63) is 48.5 Å². The van der Waals surface area contributed by atoms with Crippen molar-refractivity contribution in [3.63, 3.8) is 0 Å². The Morgan fingerprint density at radius 2 is 1.26 bits per heavy atom. The van der Waals surface area contributed by atoms with E-state index in [1.54, 1.807) is 0 Å². The van der Waals surface area contributed by atoms with Gasteiger partial charge in [-0.1, -0.05) is 12.1 Å². The van der Waals surface area contributed by atoms with Crippen LogP contribution in [0.1, 0.15) is 33.6 Å². The Bertz CT molecular complexity index is 805. The lowest BCUT2D eigenvalue weighted by Gasteiger charge is -2.35. The minimum Gasteiger partial charge on any atom is -0.371 e. The molecular weight excluding hydrogens is 355 g/mol. The van der Waals surface area contributed by atoms with Crippen molar-refractivity contribution in [2.45, 2.75) is 39.2 Å². The molecular formula is C22H29N2O2P. The Hall–Kier alpha value is -1.77. The van der Waals surface area contributed by atoms with Gasteiger partial charge in [0.25, 0.3) is 7.37 Å². The van der Waals surface area contributed by atoms with Crippen molar-refractivity contribution < 1.29 is 9.09 Å². The first-order chi connectivity index (χ1) is 12.9. The summed E-state index contributed by atoms with van der Waals surface area (Å²) >= 11 is 0. The zero-order valence-corrected chi connectivity index (χ0v) is 17.4. The molecule has 2 heterocycles. The van der Waals surface area contributed by atoms with E-state index in [1.165, 1.54) is 12.8 Å². The molecule has 2 saturated heterocycles. The molecule has 0 spiro atoms. The standard InChI is InChI=1S/C22H29N2O2P/c1-22(2,3)26-27(25,20-10-4-8-18(16-20)23-12-6-13-23)21-11-5-9-19(17-21)24-14-7-15-24/h4-5,8-11,16-17H,6-7,12-15H2,1-3H3. The number of benzene rings is 2. The highest BCUT2D eigenvalue weighted by atomic mass is 31.2. The monoisotopic (exact) mass is 384 g/mol. The Morgan fingerprint density at radius 3 is 1.59 bits per heavy atom. The molecule has 2 aromatic carbocycles. The fourth-order valence-corrected chi connectivity index (χ4v) is 5.98. The first-order valence-electron chi connectivity index (χ1n) is 9.87. The van der Waals surface area contributed by atoms with Crippen LogP contribution >= 0.6 is 7.37 Å². The second-order valence-corrected chi connectivity index (χ2v) is 10.8. The average molecular weight is 384 g/mol. The highest BCUT2D eigenvalue weighted by Gasteiger charge is 2.35. The molecule has 0 N–H and O–H groups in total. The van der Waals surface area contributed by atoms with Crippen LogP contribution in [-0.4, -0.2) is 31.8 Å². The highest BCUT2D eigenvalue weighted by Crippen LogP contribution is 2.49. The average Bonchev–Trinajstić information content (AvgIpc) is 2.50. The van der Waals surface area contributed by atoms with Crippen LogP contribution in [0.25, 0.3) is 0 Å². The van der Waals surface area contributed by atoms with Crippen LogP contribution in [0.15, 0.2) is 48.5 Å². The third kappa shape index (κ3) is 3.79. The molecule has 4 rings (SSSR count). The van der Waals surface area contributed by atoms with Gasteiger partial charge in [0, 0.05) is 48.2 Å². The van der Waals surface area contributed by atoms with E-state index in [4.69, 9.17) is 4.52 Å². The number of nitrogens with zero attached hydrogens (tertiary/aromatic N) is 2. The fourth-order valence-electron chi connectivity index (χ4n) is 3.53. The predicted molar refractivity (Wildman–Crippen MR) is 114 cm³/mol. The normalized spacial score (nSPS) is 17.4. The van der Waals surface area contributed by atoms with Gasteiger partial charge in [0.1, 0.15) is 0 Å². The van der Waals surface area contributed by atoms with Crippen molar-refractivity contribution in [1.82, 2.24) is 0 Å². The molecule has 0 aliphatic carbocycles. The smallest absolute Gasteiger partial charge is 0.261 e. The largest absolute Gasteiger partial charge is 0.371 e. The van der Waals surface area contributed by atoms with E-state index in [9.17, 15) is 4.57 Å².